The number of amides is 1. The quantitative estimate of drug-likeness (QED) is 0.574. The van der Waals surface area contributed by atoms with Crippen LogP contribution in [0.5, 0.6) is 5.75 Å². The van der Waals surface area contributed by atoms with Crippen LogP contribution in [0, 0.1) is 5.82 Å². The molecule has 3 N–H and O–H groups in total. The smallest absolute Gasteiger partial charge is 0.328 e. The van der Waals surface area contributed by atoms with Crippen molar-refractivity contribution in [2.75, 3.05) is 12.3 Å². The Labute approximate surface area is 176 Å². The molecular weight excluding hydrogens is 435 g/mol. The lowest BCUT2D eigenvalue weighted by molar-refractivity contribution is -0.146. The predicted molar refractivity (Wildman–Crippen MR) is 108 cm³/mol. The van der Waals surface area contributed by atoms with Crippen molar-refractivity contribution < 1.29 is 32.6 Å². The summed E-state index contributed by atoms with van der Waals surface area (Å²) in [6, 6.07) is 7.65. The Morgan fingerprint density at radius 1 is 1.17 bits per heavy atom. The zero-order valence-corrected chi connectivity index (χ0v) is 17.2. The summed E-state index contributed by atoms with van der Waals surface area (Å²) in [6.45, 7) is 0.473. The van der Waals surface area contributed by atoms with Crippen LogP contribution >= 0.6 is 11.8 Å². The van der Waals surface area contributed by atoms with E-state index in [1.807, 2.05) is 0 Å². The molecule has 1 amide bonds. The number of nitrogens with zero attached hydrogens (tertiary/aromatic N) is 1. The largest absolute Gasteiger partial charge is 0.508 e. The minimum atomic E-state index is -4.59. The van der Waals surface area contributed by atoms with Gasteiger partial charge in [-0.25, -0.2) is 21.9 Å². The van der Waals surface area contributed by atoms with Crippen LogP contribution in [-0.4, -0.2) is 58.5 Å². The zero-order chi connectivity index (χ0) is 21.9. The lowest BCUT2D eigenvalue weighted by Crippen LogP contribution is -2.54. The average Bonchev–Trinajstić information content (AvgIpc) is 3.24. The Morgan fingerprint density at radius 2 is 1.80 bits per heavy atom. The second-order valence-electron chi connectivity index (χ2n) is 6.52. The van der Waals surface area contributed by atoms with Gasteiger partial charge in [-0.3, -0.25) is 10.1 Å². The molecule has 1 saturated heterocycles. The maximum absolute atomic E-state index is 13.3. The maximum Gasteiger partial charge on any atom is 0.328 e. The van der Waals surface area contributed by atoms with E-state index in [2.05, 4.69) is 5.32 Å². The van der Waals surface area contributed by atoms with E-state index in [0.717, 1.165) is 24.3 Å². The number of phenolic OH excluding ortho intramolecular Hbond substituents is 1. The number of nitrogens with one attached hydrogen (secondary N) is 1. The van der Waals surface area contributed by atoms with Gasteiger partial charge in [0.2, 0.25) is 0 Å². The van der Waals surface area contributed by atoms with Crippen molar-refractivity contribution in [1.29, 1.82) is 0 Å². The molecule has 2 atom stereocenters. The third-order valence-corrected chi connectivity index (χ3v) is 7.42. The fourth-order valence-electron chi connectivity index (χ4n) is 2.99. The molecule has 8 nitrogen and oxygen atoms in total. The SMILES string of the molecule is O=C(O)[C@H](Cc1ccc(O)cc1)N(C(=O)[C@H]1NCCS1)S(=O)(=O)c1ccc(F)cc1. The normalized spacial score (nSPS) is 17.4. The molecule has 3 rings (SSSR count). The standard InChI is InChI=1S/C19H19FN2O6S2/c20-13-3-7-15(8-4-13)30(27,28)22(18(24)17-21-9-10-29-17)16(19(25)26)11-12-1-5-14(23)6-2-12/h1-8,16-17,21,23H,9-11H2,(H,25,26)/t16-,17-/m0/s1. The van der Waals surface area contributed by atoms with E-state index in [-0.39, 0.29) is 12.2 Å². The molecule has 160 valence electrons. The van der Waals surface area contributed by atoms with Gasteiger partial charge < -0.3 is 10.2 Å². The summed E-state index contributed by atoms with van der Waals surface area (Å²) in [5.74, 6) is -2.56. The fourth-order valence-corrected chi connectivity index (χ4v) is 5.56. The van der Waals surface area contributed by atoms with Gasteiger partial charge in [-0.2, -0.15) is 0 Å². The van der Waals surface area contributed by atoms with E-state index in [4.69, 9.17) is 0 Å². The third-order valence-electron chi connectivity index (χ3n) is 4.46. The second kappa shape index (κ2) is 9.02. The van der Waals surface area contributed by atoms with Crippen LogP contribution in [-0.2, 0) is 26.0 Å². The van der Waals surface area contributed by atoms with E-state index >= 15 is 0 Å². The topological polar surface area (TPSA) is 124 Å². The van der Waals surface area contributed by atoms with Crippen LogP contribution < -0.4 is 5.32 Å². The zero-order valence-electron chi connectivity index (χ0n) is 15.6. The van der Waals surface area contributed by atoms with Gasteiger partial charge in [0.15, 0.2) is 0 Å². The molecule has 1 fully saturated rings. The molecule has 30 heavy (non-hydrogen) atoms. The van der Waals surface area contributed by atoms with Gasteiger partial charge in [0.1, 0.15) is 23.0 Å². The Bertz CT molecular complexity index is 1020. The average molecular weight is 455 g/mol. The van der Waals surface area contributed by atoms with Crippen molar-refractivity contribution in [2.45, 2.75) is 22.7 Å². The van der Waals surface area contributed by atoms with Gasteiger partial charge >= 0.3 is 5.97 Å². The summed E-state index contributed by atoms with van der Waals surface area (Å²) >= 11 is 1.18. The van der Waals surface area contributed by atoms with Crippen LogP contribution in [0.15, 0.2) is 53.4 Å². The number of carboxylic acids is 1. The van der Waals surface area contributed by atoms with Crippen LogP contribution in [0.1, 0.15) is 5.56 Å². The minimum absolute atomic E-state index is 0.0379. The molecule has 1 aliphatic rings. The number of rotatable bonds is 7. The Hall–Kier alpha value is -2.63. The molecule has 0 saturated carbocycles. The number of phenols is 1. The number of halogens is 1. The van der Waals surface area contributed by atoms with Crippen molar-refractivity contribution in [3.05, 3.63) is 59.9 Å². The lowest BCUT2D eigenvalue weighted by Gasteiger charge is -2.30. The number of carboxylic acid groups (broad SMARTS) is 1. The number of thioether (sulfide) groups is 1. The van der Waals surface area contributed by atoms with Crippen molar-refractivity contribution in [1.82, 2.24) is 9.62 Å². The van der Waals surface area contributed by atoms with Crippen LogP contribution in [0.2, 0.25) is 0 Å². The highest BCUT2D eigenvalue weighted by atomic mass is 32.2. The minimum Gasteiger partial charge on any atom is -0.508 e. The maximum atomic E-state index is 13.3. The summed E-state index contributed by atoms with van der Waals surface area (Å²) in [5, 5.41) is 21.2. The molecule has 1 aliphatic heterocycles. The molecule has 0 unspecified atom stereocenters. The summed E-state index contributed by atoms with van der Waals surface area (Å²) in [7, 11) is -4.59. The number of aromatic hydroxyl groups is 1. The van der Waals surface area contributed by atoms with Gasteiger partial charge in [0.25, 0.3) is 15.9 Å². The van der Waals surface area contributed by atoms with Gasteiger partial charge in [0, 0.05) is 18.7 Å². The van der Waals surface area contributed by atoms with Crippen LogP contribution in [0.4, 0.5) is 4.39 Å². The molecule has 2 aromatic rings. The number of hydrogen-bond acceptors (Lipinski definition) is 7. The lowest BCUT2D eigenvalue weighted by atomic mass is 10.1. The fraction of sp³-hybridized carbons (Fsp3) is 0.263. The van der Waals surface area contributed by atoms with Gasteiger partial charge in [0.05, 0.1) is 4.90 Å². The molecule has 0 aromatic heterocycles. The number of benzene rings is 2. The highest BCUT2D eigenvalue weighted by Gasteiger charge is 2.43. The third kappa shape index (κ3) is 4.74. The van der Waals surface area contributed by atoms with Gasteiger partial charge in [-0.05, 0) is 42.0 Å². The molecule has 0 aliphatic carbocycles. The number of sulfonamides is 1. The Balaban J connectivity index is 2.05. The first-order chi connectivity index (χ1) is 14.2. The highest BCUT2D eigenvalue weighted by molar-refractivity contribution is 8.01. The Kier molecular flexibility index (Phi) is 6.64. The van der Waals surface area contributed by atoms with E-state index in [9.17, 15) is 32.6 Å². The van der Waals surface area contributed by atoms with Gasteiger partial charge in [-0.15, -0.1) is 11.8 Å². The monoisotopic (exact) mass is 454 g/mol. The first-order valence-electron chi connectivity index (χ1n) is 8.89. The van der Waals surface area contributed by atoms with E-state index in [0.29, 0.717) is 22.2 Å². The number of carbonyl (C=O) groups excluding carboxylic acids is 1. The molecule has 0 radical (unpaired) electrons. The molecule has 2 aromatic carbocycles. The van der Waals surface area contributed by atoms with Gasteiger partial charge in [-0.1, -0.05) is 12.1 Å². The summed E-state index contributed by atoms with van der Waals surface area (Å²) in [6.07, 6.45) is -0.306. The molecule has 11 heteroatoms. The van der Waals surface area contributed by atoms with Crippen LogP contribution in [0.3, 0.4) is 0 Å². The van der Waals surface area contributed by atoms with E-state index in [1.165, 1.54) is 36.0 Å². The number of carbonyl (C=O) groups is 2. The first kappa shape index (κ1) is 22.1. The molecular formula is C19H19FN2O6S2. The molecule has 0 spiro atoms. The molecule has 0 bridgehead atoms. The highest BCUT2D eigenvalue weighted by Crippen LogP contribution is 2.26. The predicted octanol–water partition coefficient (Wildman–Crippen LogP) is 1.41. The Morgan fingerprint density at radius 3 is 2.33 bits per heavy atom. The number of hydrogen-bond donors (Lipinski definition) is 3. The van der Waals surface area contributed by atoms with Crippen molar-refractivity contribution in [3.63, 3.8) is 0 Å². The van der Waals surface area contributed by atoms with Crippen molar-refractivity contribution >= 4 is 33.7 Å². The molecule has 1 heterocycles. The van der Waals surface area contributed by atoms with Crippen LogP contribution in [0.25, 0.3) is 0 Å². The summed E-state index contributed by atoms with van der Waals surface area (Å²) < 4.78 is 40.2. The second-order valence-corrected chi connectivity index (χ2v) is 9.55. The van der Waals surface area contributed by atoms with Crippen molar-refractivity contribution in [2.24, 2.45) is 0 Å². The number of aliphatic carboxylic acids is 1. The van der Waals surface area contributed by atoms with E-state index in [1.54, 1.807) is 0 Å². The summed E-state index contributed by atoms with van der Waals surface area (Å²) in [4.78, 5) is 24.8. The van der Waals surface area contributed by atoms with E-state index < -0.39 is 44.0 Å². The van der Waals surface area contributed by atoms with Crippen molar-refractivity contribution in [3.8, 4) is 5.75 Å². The first-order valence-corrected chi connectivity index (χ1v) is 11.4. The summed E-state index contributed by atoms with van der Waals surface area (Å²) in [5.41, 5.74) is 0.416.